The summed E-state index contributed by atoms with van der Waals surface area (Å²) in [6, 6.07) is 0. The summed E-state index contributed by atoms with van der Waals surface area (Å²) in [4.78, 5) is 0. The smallest absolute Gasteiger partial charge is 0.331 e. The summed E-state index contributed by atoms with van der Waals surface area (Å²) >= 11 is 0. The van der Waals surface area contributed by atoms with Crippen LogP contribution >= 0.6 is 0 Å². The Hall–Kier alpha value is -0.920. The van der Waals surface area contributed by atoms with Crippen molar-refractivity contribution >= 4 is 0 Å². The van der Waals surface area contributed by atoms with Crippen molar-refractivity contribution in [2.24, 2.45) is 35.5 Å². The monoisotopic (exact) mass is 566 g/mol. The standard InChI is InChI=1S/C23H30F12O2/c1-12-13(2)17-9-14(12)8-15(17)10-18(20(24,25)26,21(27,28)29)36-11-37-19(22(30,31)32,23(33,34)35)16-6-4-3-5-7-16/h12-17H,3-11H2,1-2H3. The second-order valence-electron chi connectivity index (χ2n) is 10.9. The zero-order valence-corrected chi connectivity index (χ0v) is 20.2. The minimum Gasteiger partial charge on any atom is -0.331 e. The van der Waals surface area contributed by atoms with Crippen LogP contribution in [0.5, 0.6) is 0 Å². The lowest BCUT2D eigenvalue weighted by Crippen LogP contribution is -2.65. The van der Waals surface area contributed by atoms with Crippen LogP contribution in [0.15, 0.2) is 0 Å². The van der Waals surface area contributed by atoms with Crippen LogP contribution in [0.25, 0.3) is 0 Å². The van der Waals surface area contributed by atoms with Crippen LogP contribution in [0.3, 0.4) is 0 Å². The second kappa shape index (κ2) is 9.92. The van der Waals surface area contributed by atoms with Crippen molar-refractivity contribution < 1.29 is 62.2 Å². The van der Waals surface area contributed by atoms with Crippen LogP contribution in [-0.2, 0) is 9.47 Å². The van der Waals surface area contributed by atoms with Crippen molar-refractivity contribution in [1.29, 1.82) is 0 Å². The lowest BCUT2D eigenvalue weighted by atomic mass is 9.71. The fourth-order valence-corrected chi connectivity index (χ4v) is 6.95. The summed E-state index contributed by atoms with van der Waals surface area (Å²) < 4.78 is 176. The third-order valence-electron chi connectivity index (χ3n) is 9.11. The van der Waals surface area contributed by atoms with E-state index in [1.165, 1.54) is 0 Å². The molecule has 3 rings (SSSR count). The average Bonchev–Trinajstić information content (AvgIpc) is 3.26. The summed E-state index contributed by atoms with van der Waals surface area (Å²) in [6.07, 6.45) is -26.8. The molecule has 0 N–H and O–H groups in total. The van der Waals surface area contributed by atoms with E-state index in [1.807, 2.05) is 6.92 Å². The van der Waals surface area contributed by atoms with Gasteiger partial charge in [-0.3, -0.25) is 0 Å². The highest BCUT2D eigenvalue weighted by Crippen LogP contribution is 2.60. The summed E-state index contributed by atoms with van der Waals surface area (Å²) in [6.45, 7) is 1.07. The molecule has 3 aliphatic rings. The maximum absolute atomic E-state index is 14.0. The quantitative estimate of drug-likeness (QED) is 0.227. The van der Waals surface area contributed by atoms with E-state index in [1.54, 1.807) is 6.92 Å². The molecule has 2 bridgehead atoms. The molecular formula is C23H30F12O2. The Morgan fingerprint density at radius 1 is 0.622 bits per heavy atom. The number of halogens is 12. The van der Waals surface area contributed by atoms with Crippen LogP contribution in [0.1, 0.15) is 65.2 Å². The number of rotatable bonds is 7. The van der Waals surface area contributed by atoms with Crippen LogP contribution in [0, 0.1) is 35.5 Å². The molecule has 0 heterocycles. The number of hydrogen-bond acceptors (Lipinski definition) is 2. The van der Waals surface area contributed by atoms with E-state index in [0.717, 1.165) is 0 Å². The minimum atomic E-state index is -6.17. The molecule has 0 aromatic heterocycles. The number of alkyl halides is 12. The second-order valence-corrected chi connectivity index (χ2v) is 10.9. The first kappa shape index (κ1) is 30.6. The van der Waals surface area contributed by atoms with E-state index in [4.69, 9.17) is 0 Å². The van der Waals surface area contributed by atoms with Crippen LogP contribution in [-0.4, -0.2) is 42.7 Å². The minimum absolute atomic E-state index is 0.0291. The van der Waals surface area contributed by atoms with Gasteiger partial charge < -0.3 is 9.47 Å². The van der Waals surface area contributed by atoms with Crippen molar-refractivity contribution in [3.05, 3.63) is 0 Å². The zero-order chi connectivity index (χ0) is 28.2. The van der Waals surface area contributed by atoms with Crippen LogP contribution in [0.4, 0.5) is 52.7 Å². The Morgan fingerprint density at radius 3 is 1.54 bits per heavy atom. The van der Waals surface area contributed by atoms with Gasteiger partial charge in [0.15, 0.2) is 0 Å². The maximum Gasteiger partial charge on any atom is 0.426 e. The van der Waals surface area contributed by atoms with Crippen LogP contribution in [0.2, 0.25) is 0 Å². The highest BCUT2D eigenvalue weighted by Gasteiger charge is 2.77. The van der Waals surface area contributed by atoms with Gasteiger partial charge in [-0.25, -0.2) is 0 Å². The highest BCUT2D eigenvalue weighted by molar-refractivity contribution is 5.05. The van der Waals surface area contributed by atoms with E-state index in [9.17, 15) is 52.7 Å². The van der Waals surface area contributed by atoms with E-state index in [-0.39, 0.29) is 37.0 Å². The topological polar surface area (TPSA) is 18.5 Å². The fourth-order valence-electron chi connectivity index (χ4n) is 6.95. The molecule has 0 spiro atoms. The molecule has 0 aromatic carbocycles. The van der Waals surface area contributed by atoms with E-state index < -0.39 is 79.7 Å². The van der Waals surface area contributed by atoms with E-state index in [2.05, 4.69) is 9.47 Å². The molecule has 14 heteroatoms. The molecule has 3 aliphatic carbocycles. The van der Waals surface area contributed by atoms with Crippen LogP contribution < -0.4 is 0 Å². The SMILES string of the molecule is CC1C2CC(CC(OCOC(C3CCCCC3)(C(F)(F)F)C(F)(F)F)(C(F)(F)F)C(F)(F)F)C(C2)C1C. The summed E-state index contributed by atoms with van der Waals surface area (Å²) in [7, 11) is 0. The van der Waals surface area contributed by atoms with E-state index in [0.29, 0.717) is 12.8 Å². The van der Waals surface area contributed by atoms with Gasteiger partial charge >= 0.3 is 24.7 Å². The van der Waals surface area contributed by atoms with E-state index >= 15 is 0 Å². The van der Waals surface area contributed by atoms with Gasteiger partial charge in [-0.1, -0.05) is 33.1 Å². The molecule has 3 fully saturated rings. The first-order valence-corrected chi connectivity index (χ1v) is 12.2. The first-order valence-electron chi connectivity index (χ1n) is 12.2. The third-order valence-corrected chi connectivity index (χ3v) is 9.11. The lowest BCUT2D eigenvalue weighted by molar-refractivity contribution is -0.440. The van der Waals surface area contributed by atoms with Gasteiger partial charge in [0, 0.05) is 5.92 Å². The Labute approximate surface area is 206 Å². The number of fused-ring (bicyclic) bond motifs is 2. The highest BCUT2D eigenvalue weighted by atomic mass is 19.4. The Balaban J connectivity index is 1.93. The molecule has 0 radical (unpaired) electrons. The zero-order valence-electron chi connectivity index (χ0n) is 20.2. The Kier molecular flexibility index (Phi) is 8.21. The van der Waals surface area contributed by atoms with Crippen molar-refractivity contribution in [3.8, 4) is 0 Å². The molecule has 2 nitrogen and oxygen atoms in total. The lowest BCUT2D eigenvalue weighted by Gasteiger charge is -2.45. The molecular weight excluding hydrogens is 536 g/mol. The average molecular weight is 566 g/mol. The molecule has 5 atom stereocenters. The van der Waals surface area contributed by atoms with Crippen molar-refractivity contribution in [3.63, 3.8) is 0 Å². The fraction of sp³-hybridized carbons (Fsp3) is 1.00. The van der Waals surface area contributed by atoms with Gasteiger partial charge in [-0.05, 0) is 61.7 Å². The van der Waals surface area contributed by atoms with Gasteiger partial charge in [-0.15, -0.1) is 0 Å². The predicted molar refractivity (Wildman–Crippen MR) is 106 cm³/mol. The molecule has 218 valence electrons. The summed E-state index contributed by atoms with van der Waals surface area (Å²) in [5.74, 6) is -4.08. The van der Waals surface area contributed by atoms with Gasteiger partial charge in [0.05, 0.1) is 0 Å². The van der Waals surface area contributed by atoms with Crippen molar-refractivity contribution in [2.75, 3.05) is 6.79 Å². The maximum atomic E-state index is 14.0. The normalized spacial score (nSPS) is 30.8. The van der Waals surface area contributed by atoms with Gasteiger partial charge in [0.2, 0.25) is 0 Å². The molecule has 0 saturated heterocycles. The predicted octanol–water partition coefficient (Wildman–Crippen LogP) is 8.60. The summed E-state index contributed by atoms with van der Waals surface area (Å²) in [5, 5.41) is 0. The van der Waals surface area contributed by atoms with Crippen molar-refractivity contribution in [2.45, 2.75) is 101 Å². The van der Waals surface area contributed by atoms with Crippen molar-refractivity contribution in [1.82, 2.24) is 0 Å². The third kappa shape index (κ3) is 5.18. The largest absolute Gasteiger partial charge is 0.426 e. The van der Waals surface area contributed by atoms with Gasteiger partial charge in [-0.2, -0.15) is 52.7 Å². The Morgan fingerprint density at radius 2 is 1.14 bits per heavy atom. The number of hydrogen-bond donors (Lipinski definition) is 0. The molecule has 0 aliphatic heterocycles. The first-order chi connectivity index (χ1) is 16.7. The van der Waals surface area contributed by atoms with Gasteiger partial charge in [0.1, 0.15) is 6.79 Å². The molecule has 37 heavy (non-hydrogen) atoms. The molecule has 5 unspecified atom stereocenters. The Bertz CT molecular complexity index is 749. The molecule has 0 amide bonds. The number of ether oxygens (including phenoxy) is 2. The van der Waals surface area contributed by atoms with Gasteiger partial charge in [0.25, 0.3) is 11.2 Å². The molecule has 0 aromatic rings. The summed E-state index contributed by atoms with van der Waals surface area (Å²) in [5.41, 5.74) is -9.94. The molecule has 3 saturated carbocycles.